The van der Waals surface area contributed by atoms with Crippen LogP contribution < -0.4 is 21.7 Å². The van der Waals surface area contributed by atoms with Crippen molar-refractivity contribution in [1.29, 1.82) is 0 Å². The number of benzene rings is 1. The van der Waals surface area contributed by atoms with Crippen molar-refractivity contribution in [1.82, 2.24) is 20.4 Å². The summed E-state index contributed by atoms with van der Waals surface area (Å²) in [4.78, 5) is 78.5. The molecule has 2 rings (SSSR count). The van der Waals surface area contributed by atoms with Gasteiger partial charge in [0.2, 0.25) is 29.5 Å². The third-order valence-corrected chi connectivity index (χ3v) is 8.87. The molecule has 1 aromatic carbocycles. The summed E-state index contributed by atoms with van der Waals surface area (Å²) in [6, 6.07) is 5.74. The molecule has 1 aliphatic rings. The molecule has 0 saturated carbocycles. The number of likely N-dealkylation sites (tertiary alicyclic amines) is 1. The van der Waals surface area contributed by atoms with Crippen LogP contribution in [0.3, 0.4) is 0 Å². The lowest BCUT2D eigenvalue weighted by Gasteiger charge is -2.38. The van der Waals surface area contributed by atoms with Gasteiger partial charge in [-0.3, -0.25) is 28.8 Å². The lowest BCUT2D eigenvalue weighted by molar-refractivity contribution is -0.143. The van der Waals surface area contributed by atoms with Gasteiger partial charge < -0.3 is 41.3 Å². The number of amides is 5. The maximum atomic E-state index is 13.4. The second-order valence-electron chi connectivity index (χ2n) is 16.1. The van der Waals surface area contributed by atoms with E-state index in [4.69, 9.17) is 10.5 Å². The van der Waals surface area contributed by atoms with Crippen molar-refractivity contribution in [3.8, 4) is 0 Å². The standard InChI is InChI=1S/C35H53N5O8.C4H11N.C4H10.CH4S/c1-23(2)32(33(46)36-20-29(43)37-28-14-12-27(13-15-28)22-48-26(5)42)38-30(44)21-40(35(6,7)16-18-41)31(45)11-9-8-10-17-39-25(4)19-24(3)34(39)47;1-2-3-4-5;1-4(2)3;1-2/h12-15,23-24,32,41H,4,8-11,16-22H2,1-3,5-7H3,(H,36,46)(H,37,43)(H,38,44);2-5H2,1H3;4H,1-3H3;2H,1H3. The van der Waals surface area contributed by atoms with Crippen LogP contribution in [0, 0.1) is 17.8 Å². The average molecular weight is 851 g/mol. The molecule has 2 atom stereocenters. The predicted octanol–water partition coefficient (Wildman–Crippen LogP) is 5.83. The Hall–Kier alpha value is -3.95. The van der Waals surface area contributed by atoms with E-state index in [-0.39, 0.29) is 62.8 Å². The number of aliphatic hydroxyl groups excluding tert-OH is 1. The molecule has 2 unspecified atom stereocenters. The van der Waals surface area contributed by atoms with Crippen LogP contribution in [0.5, 0.6) is 0 Å². The Morgan fingerprint density at radius 2 is 1.61 bits per heavy atom. The summed E-state index contributed by atoms with van der Waals surface area (Å²) in [5.41, 5.74) is 6.38. The second-order valence-corrected chi connectivity index (χ2v) is 16.1. The lowest BCUT2D eigenvalue weighted by Crippen LogP contribution is -2.56. The third-order valence-electron chi connectivity index (χ3n) is 8.87. The van der Waals surface area contributed by atoms with Gasteiger partial charge >= 0.3 is 5.97 Å². The number of carbonyl (C=O) groups is 6. The molecule has 0 radical (unpaired) electrons. The van der Waals surface area contributed by atoms with Crippen molar-refractivity contribution in [2.75, 3.05) is 44.4 Å². The molecule has 1 heterocycles. The molecule has 1 fully saturated rings. The van der Waals surface area contributed by atoms with Gasteiger partial charge in [0.25, 0.3) is 0 Å². The number of allylic oxidation sites excluding steroid dienone is 1. The van der Waals surface area contributed by atoms with Gasteiger partial charge in [0.15, 0.2) is 0 Å². The molecule has 0 aliphatic carbocycles. The quantitative estimate of drug-likeness (QED) is 0.0500. The molecule has 1 aliphatic heterocycles. The van der Waals surface area contributed by atoms with Crippen LogP contribution in [-0.4, -0.2) is 101 Å². The van der Waals surface area contributed by atoms with Gasteiger partial charge in [-0.05, 0) is 88.3 Å². The number of thiol groups is 1. The smallest absolute Gasteiger partial charge is 0.302 e. The molecule has 1 aromatic rings. The van der Waals surface area contributed by atoms with Gasteiger partial charge in [-0.2, -0.15) is 12.6 Å². The van der Waals surface area contributed by atoms with Gasteiger partial charge in [-0.1, -0.05) is 80.0 Å². The van der Waals surface area contributed by atoms with Gasteiger partial charge in [0, 0.05) is 49.3 Å². The summed E-state index contributed by atoms with van der Waals surface area (Å²) < 4.78 is 4.94. The zero-order chi connectivity index (χ0) is 45.7. The molecule has 59 heavy (non-hydrogen) atoms. The van der Waals surface area contributed by atoms with E-state index in [1.165, 1.54) is 24.7 Å². The summed E-state index contributed by atoms with van der Waals surface area (Å²) in [5, 5.41) is 17.6. The summed E-state index contributed by atoms with van der Waals surface area (Å²) in [6.45, 7) is 23.6. The number of ether oxygens (including phenoxy) is 1. The van der Waals surface area contributed by atoms with Crippen LogP contribution in [-0.2, 0) is 40.1 Å². The summed E-state index contributed by atoms with van der Waals surface area (Å²) >= 11 is 3.53. The maximum Gasteiger partial charge on any atom is 0.302 e. The molecule has 0 bridgehead atoms. The number of rotatable bonds is 21. The van der Waals surface area contributed by atoms with Crippen molar-refractivity contribution in [2.24, 2.45) is 23.5 Å². The number of hydrogen-bond acceptors (Lipinski definition) is 10. The Labute approximate surface area is 360 Å². The molecule has 6 N–H and O–H groups in total. The Morgan fingerprint density at radius 1 is 1.02 bits per heavy atom. The van der Waals surface area contributed by atoms with E-state index < -0.39 is 35.3 Å². The minimum Gasteiger partial charge on any atom is -0.461 e. The van der Waals surface area contributed by atoms with Gasteiger partial charge in [0.1, 0.15) is 19.2 Å². The van der Waals surface area contributed by atoms with E-state index in [1.807, 2.05) is 6.92 Å². The summed E-state index contributed by atoms with van der Waals surface area (Å²) in [6.07, 6.45) is 7.18. The Balaban J connectivity index is 0. The Morgan fingerprint density at radius 3 is 2.07 bits per heavy atom. The van der Waals surface area contributed by atoms with Crippen LogP contribution in [0.2, 0.25) is 0 Å². The van der Waals surface area contributed by atoms with E-state index in [2.05, 4.69) is 62.9 Å². The van der Waals surface area contributed by atoms with Gasteiger partial charge in [0.05, 0.1) is 6.54 Å². The molecule has 15 heteroatoms. The fourth-order valence-corrected chi connectivity index (χ4v) is 5.60. The molecular formula is C44H78N6O8S. The van der Waals surface area contributed by atoms with Crippen molar-refractivity contribution in [2.45, 2.75) is 139 Å². The van der Waals surface area contributed by atoms with E-state index in [0.717, 1.165) is 30.1 Å². The Bertz CT molecular complexity index is 1420. The Kier molecular flexibility index (Phi) is 30.9. The van der Waals surface area contributed by atoms with Crippen LogP contribution in [0.1, 0.15) is 126 Å². The maximum absolute atomic E-state index is 13.4. The SMILES string of the molecule is C=C1CC(C)C(=O)N1CCCCCC(=O)N(CC(=O)NC(C(=O)NCC(=O)Nc1ccc(COC(C)=O)cc1)C(C)C)C(C)(C)CCO.CC(C)C.CCCCN.CS. The van der Waals surface area contributed by atoms with Crippen molar-refractivity contribution >= 4 is 53.8 Å². The first-order valence-electron chi connectivity index (χ1n) is 20.8. The summed E-state index contributed by atoms with van der Waals surface area (Å²) in [5.74, 6) is -1.67. The molecule has 0 aromatic heterocycles. The second kappa shape index (κ2) is 31.9. The molecule has 0 spiro atoms. The summed E-state index contributed by atoms with van der Waals surface area (Å²) in [7, 11) is 0. The first kappa shape index (κ1) is 57.1. The van der Waals surface area contributed by atoms with Crippen LogP contribution >= 0.6 is 12.6 Å². The minimum absolute atomic E-state index is 0.0512. The molecule has 1 saturated heterocycles. The van der Waals surface area contributed by atoms with Crippen molar-refractivity contribution in [3.63, 3.8) is 0 Å². The largest absolute Gasteiger partial charge is 0.461 e. The molecule has 338 valence electrons. The highest BCUT2D eigenvalue weighted by Gasteiger charge is 2.34. The average Bonchev–Trinajstić information content (AvgIpc) is 3.41. The first-order valence-corrected chi connectivity index (χ1v) is 21.7. The molecule has 5 amide bonds. The number of unbranched alkanes of at least 4 members (excludes halogenated alkanes) is 3. The van der Waals surface area contributed by atoms with E-state index in [9.17, 15) is 33.9 Å². The van der Waals surface area contributed by atoms with E-state index >= 15 is 0 Å². The molecule has 14 nitrogen and oxygen atoms in total. The fraction of sp³-hybridized carbons (Fsp3) is 0.682. The first-order chi connectivity index (χ1) is 27.7. The number of nitrogens with zero attached hydrogens (tertiary/aromatic N) is 2. The topological polar surface area (TPSA) is 200 Å². The number of nitrogens with two attached hydrogens (primary N) is 1. The number of carbonyl (C=O) groups excluding carboxylic acids is 6. The third kappa shape index (κ3) is 25.3. The number of esters is 1. The number of anilines is 1. The minimum atomic E-state index is -0.963. The lowest BCUT2D eigenvalue weighted by atomic mass is 9.97. The van der Waals surface area contributed by atoms with E-state index in [1.54, 1.807) is 63.1 Å². The molecular weight excluding hydrogens is 773 g/mol. The van der Waals surface area contributed by atoms with Crippen LogP contribution in [0.25, 0.3) is 0 Å². The van der Waals surface area contributed by atoms with Gasteiger partial charge in [-0.25, -0.2) is 0 Å². The van der Waals surface area contributed by atoms with Crippen molar-refractivity contribution < 1.29 is 38.6 Å². The monoisotopic (exact) mass is 851 g/mol. The van der Waals surface area contributed by atoms with Crippen LogP contribution in [0.4, 0.5) is 5.69 Å². The highest BCUT2D eigenvalue weighted by Crippen LogP contribution is 2.27. The highest BCUT2D eigenvalue weighted by atomic mass is 32.1. The number of nitrogens with one attached hydrogen (secondary N) is 3. The van der Waals surface area contributed by atoms with Crippen molar-refractivity contribution in [3.05, 3.63) is 42.1 Å². The zero-order valence-corrected chi connectivity index (χ0v) is 38.8. The number of hydrogen-bond donors (Lipinski definition) is 6. The fourth-order valence-electron chi connectivity index (χ4n) is 5.60. The van der Waals surface area contributed by atoms with E-state index in [0.29, 0.717) is 31.5 Å². The highest BCUT2D eigenvalue weighted by molar-refractivity contribution is 7.79. The zero-order valence-electron chi connectivity index (χ0n) is 37.9. The normalized spacial score (nSPS) is 13.8. The number of aliphatic hydroxyl groups is 1. The van der Waals surface area contributed by atoms with Gasteiger partial charge in [-0.15, -0.1) is 0 Å². The van der Waals surface area contributed by atoms with Crippen LogP contribution in [0.15, 0.2) is 36.5 Å². The predicted molar refractivity (Wildman–Crippen MR) is 240 cm³/mol.